The average molecular weight is 392 g/mol. The fourth-order valence-corrected chi connectivity index (χ4v) is 6.75. The highest BCUT2D eigenvalue weighted by atomic mass is 35.5. The van der Waals surface area contributed by atoms with Crippen LogP contribution in [0, 0.1) is 23.2 Å². The van der Waals surface area contributed by atoms with E-state index >= 15 is 0 Å². The van der Waals surface area contributed by atoms with Crippen molar-refractivity contribution in [2.24, 2.45) is 23.2 Å². The molecule has 0 heterocycles. The zero-order valence-corrected chi connectivity index (χ0v) is 17.8. The third-order valence-electron chi connectivity index (χ3n) is 7.27. The van der Waals surface area contributed by atoms with Crippen LogP contribution in [-0.2, 0) is 6.54 Å². The molecule has 4 saturated carbocycles. The van der Waals surface area contributed by atoms with Gasteiger partial charge in [-0.2, -0.15) is 0 Å². The van der Waals surface area contributed by atoms with E-state index in [-0.39, 0.29) is 0 Å². The Bertz CT molecular complexity index is 639. The second-order valence-electron chi connectivity index (χ2n) is 9.15. The summed E-state index contributed by atoms with van der Waals surface area (Å²) in [5.74, 6) is 4.39. The summed E-state index contributed by atoms with van der Waals surface area (Å²) in [6, 6.07) is 4.65. The molecule has 1 N–H and O–H groups in total. The monoisotopic (exact) mass is 391 g/mol. The van der Waals surface area contributed by atoms with E-state index in [1.54, 1.807) is 0 Å². The molecule has 1 atom stereocenters. The van der Waals surface area contributed by atoms with E-state index in [0.29, 0.717) is 35.4 Å². The molecule has 3 nitrogen and oxygen atoms in total. The van der Waals surface area contributed by atoms with Crippen molar-refractivity contribution in [3.8, 4) is 11.5 Å². The fourth-order valence-electron chi connectivity index (χ4n) is 6.47. The molecule has 1 aromatic rings. The van der Waals surface area contributed by atoms with Crippen molar-refractivity contribution in [3.63, 3.8) is 0 Å². The quantitative estimate of drug-likeness (QED) is 0.604. The molecule has 4 fully saturated rings. The maximum atomic E-state index is 6.49. The third-order valence-corrected chi connectivity index (χ3v) is 7.56. The highest BCUT2D eigenvalue weighted by Crippen LogP contribution is 2.61. The molecule has 27 heavy (non-hydrogen) atoms. The van der Waals surface area contributed by atoms with Gasteiger partial charge in [-0.15, -0.1) is 0 Å². The van der Waals surface area contributed by atoms with Crippen molar-refractivity contribution in [2.75, 3.05) is 13.2 Å². The summed E-state index contributed by atoms with van der Waals surface area (Å²) >= 11 is 6.49. The molecular weight excluding hydrogens is 358 g/mol. The van der Waals surface area contributed by atoms with Crippen molar-refractivity contribution < 1.29 is 9.47 Å². The number of nitrogens with one attached hydrogen (secondary N) is 1. The number of hydrogen-bond donors (Lipinski definition) is 1. The first-order valence-electron chi connectivity index (χ1n) is 10.8. The van der Waals surface area contributed by atoms with Crippen LogP contribution in [0.5, 0.6) is 11.5 Å². The summed E-state index contributed by atoms with van der Waals surface area (Å²) in [6.45, 7) is 8.39. The minimum absolute atomic E-state index is 0.520. The van der Waals surface area contributed by atoms with E-state index < -0.39 is 0 Å². The van der Waals surface area contributed by atoms with Crippen molar-refractivity contribution in [1.82, 2.24) is 5.32 Å². The Hall–Kier alpha value is -0.930. The van der Waals surface area contributed by atoms with Crippen LogP contribution in [0.25, 0.3) is 0 Å². The van der Waals surface area contributed by atoms with Crippen LogP contribution in [0.4, 0.5) is 0 Å². The molecule has 0 amide bonds. The van der Waals surface area contributed by atoms with E-state index in [0.717, 1.165) is 30.0 Å². The molecule has 4 aliphatic rings. The summed E-state index contributed by atoms with van der Waals surface area (Å²) in [5, 5.41) is 4.49. The third kappa shape index (κ3) is 3.82. The van der Waals surface area contributed by atoms with Gasteiger partial charge >= 0.3 is 0 Å². The van der Waals surface area contributed by atoms with Crippen molar-refractivity contribution in [3.05, 3.63) is 22.7 Å². The van der Waals surface area contributed by atoms with E-state index in [9.17, 15) is 0 Å². The lowest BCUT2D eigenvalue weighted by Crippen LogP contribution is -2.54. The van der Waals surface area contributed by atoms with Gasteiger partial charge in [0.2, 0.25) is 0 Å². The molecule has 0 aromatic heterocycles. The summed E-state index contributed by atoms with van der Waals surface area (Å²) in [6.07, 6.45) is 8.79. The molecule has 0 radical (unpaired) electrons. The maximum absolute atomic E-state index is 6.49. The van der Waals surface area contributed by atoms with Crippen LogP contribution in [-0.4, -0.2) is 19.3 Å². The Kier molecular flexibility index (Phi) is 5.62. The van der Waals surface area contributed by atoms with Crippen molar-refractivity contribution in [2.45, 2.75) is 71.9 Å². The molecule has 0 spiro atoms. The second kappa shape index (κ2) is 7.83. The maximum Gasteiger partial charge on any atom is 0.179 e. The van der Waals surface area contributed by atoms with E-state index in [2.05, 4.69) is 18.3 Å². The van der Waals surface area contributed by atoms with Gasteiger partial charge < -0.3 is 14.8 Å². The smallest absolute Gasteiger partial charge is 0.179 e. The summed E-state index contributed by atoms with van der Waals surface area (Å²) in [4.78, 5) is 0. The zero-order valence-electron chi connectivity index (χ0n) is 17.0. The first-order chi connectivity index (χ1) is 13.0. The molecule has 150 valence electrons. The molecule has 4 bridgehead atoms. The van der Waals surface area contributed by atoms with Crippen molar-refractivity contribution >= 4 is 11.6 Å². The molecule has 1 unspecified atom stereocenters. The average Bonchev–Trinajstić information content (AvgIpc) is 2.61. The second-order valence-corrected chi connectivity index (χ2v) is 9.56. The largest absolute Gasteiger partial charge is 0.490 e. The Balaban J connectivity index is 1.45. The lowest BCUT2D eigenvalue weighted by molar-refractivity contribution is -0.0706. The van der Waals surface area contributed by atoms with E-state index in [1.165, 1.54) is 44.1 Å². The molecule has 1 aromatic carbocycles. The van der Waals surface area contributed by atoms with E-state index in [4.69, 9.17) is 21.1 Å². The first kappa shape index (κ1) is 19.4. The van der Waals surface area contributed by atoms with E-state index in [1.807, 2.05) is 19.9 Å². The summed E-state index contributed by atoms with van der Waals surface area (Å²) < 4.78 is 11.5. The highest BCUT2D eigenvalue weighted by molar-refractivity contribution is 6.32. The molecule has 4 heteroatoms. The summed E-state index contributed by atoms with van der Waals surface area (Å²) in [7, 11) is 0. The first-order valence-corrected chi connectivity index (χ1v) is 11.2. The van der Waals surface area contributed by atoms with Gasteiger partial charge in [0.05, 0.1) is 18.2 Å². The van der Waals surface area contributed by atoms with Gasteiger partial charge in [-0.3, -0.25) is 0 Å². The van der Waals surface area contributed by atoms with Crippen LogP contribution < -0.4 is 14.8 Å². The lowest BCUT2D eigenvalue weighted by atomic mass is 9.48. The number of hydrogen-bond acceptors (Lipinski definition) is 3. The van der Waals surface area contributed by atoms with Crippen LogP contribution in [0.15, 0.2) is 12.1 Å². The van der Waals surface area contributed by atoms with Crippen LogP contribution in [0.1, 0.15) is 64.9 Å². The van der Waals surface area contributed by atoms with Crippen LogP contribution >= 0.6 is 11.6 Å². The van der Waals surface area contributed by atoms with Crippen LogP contribution in [0.3, 0.4) is 0 Å². The Labute approximate surface area is 169 Å². The predicted molar refractivity (Wildman–Crippen MR) is 111 cm³/mol. The minimum Gasteiger partial charge on any atom is -0.490 e. The standard InChI is InChI=1S/C23H34ClNO2/c1-4-26-21-10-19(9-20(24)22(21)27-5-2)14-25-15(3)23-11-16-6-17(12-23)8-18(7-16)13-23/h9-10,15-18,25H,4-8,11-14H2,1-3H3. The Morgan fingerprint density at radius 1 is 1.04 bits per heavy atom. The Morgan fingerprint density at radius 2 is 1.63 bits per heavy atom. The fraction of sp³-hybridized carbons (Fsp3) is 0.739. The van der Waals surface area contributed by atoms with Gasteiger partial charge in [0, 0.05) is 12.6 Å². The van der Waals surface area contributed by atoms with Gasteiger partial charge in [-0.25, -0.2) is 0 Å². The van der Waals surface area contributed by atoms with Crippen LogP contribution in [0.2, 0.25) is 5.02 Å². The number of benzene rings is 1. The molecule has 0 saturated heterocycles. The molecule has 0 aliphatic heterocycles. The van der Waals surface area contributed by atoms with Gasteiger partial charge in [0.1, 0.15) is 0 Å². The number of ether oxygens (including phenoxy) is 2. The topological polar surface area (TPSA) is 30.5 Å². The summed E-state index contributed by atoms with van der Waals surface area (Å²) in [5.41, 5.74) is 1.69. The van der Waals surface area contributed by atoms with Gasteiger partial charge in [0.15, 0.2) is 11.5 Å². The molecule has 4 aliphatic carbocycles. The molecular formula is C23H34ClNO2. The molecule has 5 rings (SSSR count). The predicted octanol–water partition coefficient (Wildman–Crippen LogP) is 5.83. The SMILES string of the molecule is CCOc1cc(CNC(C)C23CC4CC(CC(C4)C2)C3)cc(Cl)c1OCC. The zero-order chi connectivity index (χ0) is 19.0. The normalized spacial score (nSPS) is 32.5. The van der Waals surface area contributed by atoms with Crippen molar-refractivity contribution in [1.29, 1.82) is 0 Å². The number of halogens is 1. The minimum atomic E-state index is 0.520. The van der Waals surface area contributed by atoms with Gasteiger partial charge in [-0.05, 0) is 100 Å². The van der Waals surface area contributed by atoms with Gasteiger partial charge in [0.25, 0.3) is 0 Å². The lowest BCUT2D eigenvalue weighted by Gasteiger charge is -2.59. The number of rotatable bonds is 8. The highest BCUT2D eigenvalue weighted by Gasteiger charge is 2.52. The Morgan fingerprint density at radius 3 is 2.19 bits per heavy atom. The van der Waals surface area contributed by atoms with Gasteiger partial charge in [-0.1, -0.05) is 11.6 Å².